The van der Waals surface area contributed by atoms with E-state index in [4.69, 9.17) is 5.73 Å². The van der Waals surface area contributed by atoms with Gasteiger partial charge in [0.1, 0.15) is 0 Å². The Morgan fingerprint density at radius 2 is 1.81 bits per heavy atom. The van der Waals surface area contributed by atoms with E-state index in [0.717, 1.165) is 53.6 Å². The number of aromatic nitrogens is 1. The van der Waals surface area contributed by atoms with Crippen LogP contribution >= 0.6 is 15.9 Å². The molecule has 1 aromatic heterocycles. The molecule has 0 saturated carbocycles. The smallest absolute Gasteiger partial charge is 0.251 e. The van der Waals surface area contributed by atoms with E-state index in [1.165, 1.54) is 18.5 Å². The lowest BCUT2D eigenvalue weighted by molar-refractivity contribution is 0.1000. The van der Waals surface area contributed by atoms with Gasteiger partial charge >= 0.3 is 0 Å². The number of primary amides is 1. The molecule has 0 saturated heterocycles. The minimum absolute atomic E-state index is 0.339. The fourth-order valence-corrected chi connectivity index (χ4v) is 3.94. The van der Waals surface area contributed by atoms with Gasteiger partial charge in [-0.3, -0.25) is 4.79 Å². The first kappa shape index (κ1) is 21.7. The molecule has 4 nitrogen and oxygen atoms in total. The summed E-state index contributed by atoms with van der Waals surface area (Å²) in [5, 5.41) is 0. The first-order valence-corrected chi connectivity index (χ1v) is 10.6. The molecule has 148 valence electrons. The largest absolute Gasteiger partial charge is 0.366 e. The van der Waals surface area contributed by atoms with Crippen molar-refractivity contribution in [3.05, 3.63) is 45.7 Å². The maximum Gasteiger partial charge on any atom is 0.251 e. The molecular weight excluding hydrogens is 402 g/mol. The second kappa shape index (κ2) is 10.1. The number of benzene rings is 1. The lowest BCUT2D eigenvalue weighted by atomic mass is 9.97. The average molecular weight is 434 g/mol. The number of hydrogen-bond acceptors (Lipinski definition) is 2. The van der Waals surface area contributed by atoms with E-state index in [0.29, 0.717) is 5.56 Å². The number of hydrogen-bond donors (Lipinski definition) is 1. The Labute approximate surface area is 171 Å². The molecule has 27 heavy (non-hydrogen) atoms. The van der Waals surface area contributed by atoms with Gasteiger partial charge in [0.05, 0.1) is 5.56 Å². The van der Waals surface area contributed by atoms with Gasteiger partial charge in [0, 0.05) is 28.0 Å². The molecule has 2 N–H and O–H groups in total. The second-order valence-corrected chi connectivity index (χ2v) is 8.33. The van der Waals surface area contributed by atoms with E-state index in [2.05, 4.69) is 58.5 Å². The van der Waals surface area contributed by atoms with E-state index >= 15 is 0 Å². The molecule has 0 atom stereocenters. The van der Waals surface area contributed by atoms with E-state index in [1.54, 1.807) is 0 Å². The zero-order chi connectivity index (χ0) is 20.0. The highest BCUT2D eigenvalue weighted by Gasteiger charge is 2.24. The standard InChI is InChI=1S/C22H32BrN3O/c1-5-6-7-9-19-21(17-10-12-18(23)13-11-17)20(22(24)27)16(2)26(19)15-8-14-25(3)4/h10-13H,5-9,14-15H2,1-4H3,(H2,24,27). The Hall–Kier alpha value is -1.59. The zero-order valence-electron chi connectivity index (χ0n) is 17.0. The number of nitrogens with zero attached hydrogens (tertiary/aromatic N) is 2. The van der Waals surface area contributed by atoms with Gasteiger partial charge in [0.15, 0.2) is 0 Å². The maximum atomic E-state index is 12.4. The summed E-state index contributed by atoms with van der Waals surface area (Å²) in [5.74, 6) is -0.339. The average Bonchev–Trinajstić information content (AvgIpc) is 2.88. The summed E-state index contributed by atoms with van der Waals surface area (Å²) < 4.78 is 3.36. The summed E-state index contributed by atoms with van der Waals surface area (Å²) in [6, 6.07) is 8.18. The summed E-state index contributed by atoms with van der Waals surface area (Å²) in [6.07, 6.45) is 5.50. The topological polar surface area (TPSA) is 51.3 Å². The number of halogens is 1. The van der Waals surface area contributed by atoms with Crippen molar-refractivity contribution in [2.75, 3.05) is 20.6 Å². The Morgan fingerprint density at radius 3 is 2.37 bits per heavy atom. The van der Waals surface area contributed by atoms with Crippen molar-refractivity contribution in [1.29, 1.82) is 0 Å². The third-order valence-electron chi connectivity index (χ3n) is 5.01. The third-order valence-corrected chi connectivity index (χ3v) is 5.54. The zero-order valence-corrected chi connectivity index (χ0v) is 18.6. The highest BCUT2D eigenvalue weighted by atomic mass is 79.9. The Morgan fingerprint density at radius 1 is 1.15 bits per heavy atom. The number of rotatable bonds is 10. The van der Waals surface area contributed by atoms with Crippen LogP contribution in [0.3, 0.4) is 0 Å². The molecular formula is C22H32BrN3O. The summed E-state index contributed by atoms with van der Waals surface area (Å²) >= 11 is 3.50. The van der Waals surface area contributed by atoms with Crippen LogP contribution < -0.4 is 5.73 Å². The normalized spacial score (nSPS) is 11.3. The van der Waals surface area contributed by atoms with Crippen LogP contribution in [0, 0.1) is 6.92 Å². The van der Waals surface area contributed by atoms with Crippen molar-refractivity contribution in [2.24, 2.45) is 5.73 Å². The lowest BCUT2D eigenvalue weighted by Gasteiger charge is -2.15. The number of nitrogens with two attached hydrogens (primary N) is 1. The summed E-state index contributed by atoms with van der Waals surface area (Å²) in [5.41, 5.74) is 10.8. The van der Waals surface area contributed by atoms with Crippen molar-refractivity contribution >= 4 is 21.8 Å². The molecule has 0 fully saturated rings. The highest BCUT2D eigenvalue weighted by molar-refractivity contribution is 9.10. The van der Waals surface area contributed by atoms with Gasteiger partial charge in [-0.1, -0.05) is 47.8 Å². The molecule has 0 aliphatic carbocycles. The third kappa shape index (κ3) is 5.45. The number of carbonyl (C=O) groups is 1. The molecule has 0 aliphatic rings. The number of amides is 1. The molecule has 0 bridgehead atoms. The second-order valence-electron chi connectivity index (χ2n) is 7.42. The van der Waals surface area contributed by atoms with Crippen LogP contribution in [0.1, 0.15) is 54.4 Å². The highest BCUT2D eigenvalue weighted by Crippen LogP contribution is 2.34. The first-order chi connectivity index (χ1) is 12.9. The van der Waals surface area contributed by atoms with Gasteiger partial charge in [0.25, 0.3) is 5.91 Å². The van der Waals surface area contributed by atoms with Gasteiger partial charge in [-0.25, -0.2) is 0 Å². The fraction of sp³-hybridized carbons (Fsp3) is 0.500. The quantitative estimate of drug-likeness (QED) is 0.535. The summed E-state index contributed by atoms with van der Waals surface area (Å²) in [7, 11) is 4.18. The Balaban J connectivity index is 2.55. The minimum atomic E-state index is -0.339. The predicted octanol–water partition coefficient (Wildman–Crippen LogP) is 5.01. The molecule has 0 aliphatic heterocycles. The number of carbonyl (C=O) groups excluding carboxylic acids is 1. The van der Waals surface area contributed by atoms with Crippen molar-refractivity contribution in [1.82, 2.24) is 9.47 Å². The SMILES string of the molecule is CCCCCc1c(-c2ccc(Br)cc2)c(C(N)=O)c(C)n1CCCN(C)C. The molecule has 0 unspecified atom stereocenters. The van der Waals surface area contributed by atoms with Gasteiger partial charge in [-0.15, -0.1) is 0 Å². The Bertz CT molecular complexity index is 763. The predicted molar refractivity (Wildman–Crippen MR) is 117 cm³/mol. The van der Waals surface area contributed by atoms with Crippen LogP contribution in [-0.2, 0) is 13.0 Å². The molecule has 2 rings (SSSR count). The van der Waals surface area contributed by atoms with Gasteiger partial charge in [0.2, 0.25) is 0 Å². The van der Waals surface area contributed by atoms with Crippen molar-refractivity contribution in [3.8, 4) is 11.1 Å². The molecule has 5 heteroatoms. The van der Waals surface area contributed by atoms with Crippen LogP contribution in [0.25, 0.3) is 11.1 Å². The molecule has 1 heterocycles. The molecule has 0 radical (unpaired) electrons. The van der Waals surface area contributed by atoms with Crippen LogP contribution in [0.4, 0.5) is 0 Å². The van der Waals surface area contributed by atoms with Crippen molar-refractivity contribution in [3.63, 3.8) is 0 Å². The van der Waals surface area contributed by atoms with E-state index in [1.807, 2.05) is 19.1 Å². The summed E-state index contributed by atoms with van der Waals surface area (Å²) in [6.45, 7) is 6.17. The Kier molecular flexibility index (Phi) is 8.11. The van der Waals surface area contributed by atoms with E-state index in [9.17, 15) is 4.79 Å². The maximum absolute atomic E-state index is 12.4. The molecule has 0 spiro atoms. The van der Waals surface area contributed by atoms with Gasteiger partial charge in [-0.2, -0.15) is 0 Å². The molecule has 1 aromatic carbocycles. The fourth-order valence-electron chi connectivity index (χ4n) is 3.68. The lowest BCUT2D eigenvalue weighted by Crippen LogP contribution is -2.17. The first-order valence-electron chi connectivity index (χ1n) is 9.79. The van der Waals surface area contributed by atoms with Gasteiger partial charge in [-0.05, 0) is 64.5 Å². The van der Waals surface area contributed by atoms with Crippen molar-refractivity contribution < 1.29 is 4.79 Å². The van der Waals surface area contributed by atoms with Crippen LogP contribution in [0.2, 0.25) is 0 Å². The van der Waals surface area contributed by atoms with E-state index < -0.39 is 0 Å². The minimum Gasteiger partial charge on any atom is -0.366 e. The molecule has 2 aromatic rings. The number of unbranched alkanes of at least 4 members (excludes halogenated alkanes) is 2. The summed E-state index contributed by atoms with van der Waals surface area (Å²) in [4.78, 5) is 14.5. The monoisotopic (exact) mass is 433 g/mol. The van der Waals surface area contributed by atoms with Crippen LogP contribution in [0.15, 0.2) is 28.7 Å². The van der Waals surface area contributed by atoms with Crippen LogP contribution in [0.5, 0.6) is 0 Å². The van der Waals surface area contributed by atoms with Gasteiger partial charge < -0.3 is 15.2 Å². The van der Waals surface area contributed by atoms with Crippen LogP contribution in [-0.4, -0.2) is 36.0 Å². The molecule has 1 amide bonds. The van der Waals surface area contributed by atoms with E-state index in [-0.39, 0.29) is 5.91 Å². The van der Waals surface area contributed by atoms with Crippen molar-refractivity contribution in [2.45, 2.75) is 52.5 Å².